The summed E-state index contributed by atoms with van der Waals surface area (Å²) in [5.74, 6) is -0.0614. The lowest BCUT2D eigenvalue weighted by Gasteiger charge is -2.14. The number of hydrogen-bond acceptors (Lipinski definition) is 3. The van der Waals surface area contributed by atoms with Gasteiger partial charge in [0.2, 0.25) is 5.91 Å². The van der Waals surface area contributed by atoms with Crippen LogP contribution in [0.1, 0.15) is 6.92 Å². The van der Waals surface area contributed by atoms with Crippen molar-refractivity contribution in [1.29, 1.82) is 0 Å². The Morgan fingerprint density at radius 1 is 1.59 bits per heavy atom. The maximum Gasteiger partial charge on any atom is 0.230 e. The van der Waals surface area contributed by atoms with Crippen LogP contribution in [0.25, 0.3) is 0 Å². The van der Waals surface area contributed by atoms with E-state index in [1.807, 2.05) is 6.92 Å². The maximum absolute atomic E-state index is 12.0. The zero-order valence-electron chi connectivity index (χ0n) is 9.26. The van der Waals surface area contributed by atoms with Crippen LogP contribution in [0.3, 0.4) is 0 Å². The summed E-state index contributed by atoms with van der Waals surface area (Å²) in [6, 6.07) is 5.45. The first-order valence-corrected chi connectivity index (χ1v) is 6.49. The Hall–Kier alpha value is -0.620. The van der Waals surface area contributed by atoms with Crippen LogP contribution < -0.4 is 16.2 Å². The third-order valence-electron chi connectivity index (χ3n) is 2.78. The highest BCUT2D eigenvalue weighted by molar-refractivity contribution is 9.10. The fraction of sp³-hybridized carbons (Fsp3) is 0.364. The van der Waals surface area contributed by atoms with Crippen molar-refractivity contribution in [1.82, 2.24) is 10.9 Å². The SMILES string of the molecule is CC1NNCC1C(=O)Nc1ccc(Cl)c(Br)c1. The van der Waals surface area contributed by atoms with Gasteiger partial charge < -0.3 is 5.32 Å². The van der Waals surface area contributed by atoms with Crippen LogP contribution in [0, 0.1) is 5.92 Å². The van der Waals surface area contributed by atoms with E-state index in [0.717, 1.165) is 10.2 Å². The smallest absolute Gasteiger partial charge is 0.230 e. The van der Waals surface area contributed by atoms with Gasteiger partial charge in [-0.25, -0.2) is 0 Å². The number of rotatable bonds is 2. The number of benzene rings is 1. The van der Waals surface area contributed by atoms with Crippen LogP contribution in [0.5, 0.6) is 0 Å². The summed E-state index contributed by atoms with van der Waals surface area (Å²) in [5, 5.41) is 3.50. The van der Waals surface area contributed by atoms with Crippen molar-refractivity contribution in [2.45, 2.75) is 13.0 Å². The van der Waals surface area contributed by atoms with E-state index < -0.39 is 0 Å². The molecule has 1 saturated heterocycles. The highest BCUT2D eigenvalue weighted by atomic mass is 79.9. The summed E-state index contributed by atoms with van der Waals surface area (Å²) in [4.78, 5) is 12.0. The summed E-state index contributed by atoms with van der Waals surface area (Å²) in [7, 11) is 0. The number of hydrogen-bond donors (Lipinski definition) is 3. The van der Waals surface area contributed by atoms with E-state index in [1.165, 1.54) is 0 Å². The number of anilines is 1. The highest BCUT2D eigenvalue weighted by Gasteiger charge is 2.29. The number of carbonyl (C=O) groups excluding carboxylic acids is 1. The molecule has 6 heteroatoms. The molecule has 2 atom stereocenters. The lowest BCUT2D eigenvalue weighted by molar-refractivity contribution is -0.119. The minimum atomic E-state index is -0.0653. The van der Waals surface area contributed by atoms with Crippen molar-refractivity contribution in [3.8, 4) is 0 Å². The minimum Gasteiger partial charge on any atom is -0.326 e. The van der Waals surface area contributed by atoms with Gasteiger partial charge in [-0.15, -0.1) is 0 Å². The van der Waals surface area contributed by atoms with Crippen molar-refractivity contribution in [2.75, 3.05) is 11.9 Å². The van der Waals surface area contributed by atoms with Crippen molar-refractivity contribution in [3.05, 3.63) is 27.7 Å². The highest BCUT2D eigenvalue weighted by Crippen LogP contribution is 2.26. The molecule has 1 amide bonds. The summed E-state index contributed by atoms with van der Waals surface area (Å²) in [6.07, 6.45) is 0. The van der Waals surface area contributed by atoms with Crippen molar-refractivity contribution in [2.24, 2.45) is 5.92 Å². The van der Waals surface area contributed by atoms with Crippen LogP contribution in [-0.2, 0) is 4.79 Å². The van der Waals surface area contributed by atoms with E-state index in [4.69, 9.17) is 11.6 Å². The van der Waals surface area contributed by atoms with Crippen LogP contribution >= 0.6 is 27.5 Å². The Balaban J connectivity index is 2.05. The molecule has 0 aliphatic carbocycles. The monoisotopic (exact) mass is 317 g/mol. The Bertz CT molecular complexity index is 441. The van der Waals surface area contributed by atoms with Gasteiger partial charge >= 0.3 is 0 Å². The predicted molar refractivity (Wildman–Crippen MR) is 71.9 cm³/mol. The molecule has 1 aromatic carbocycles. The molecule has 3 N–H and O–H groups in total. The summed E-state index contributed by atoms with van der Waals surface area (Å²) >= 11 is 9.21. The summed E-state index contributed by atoms with van der Waals surface area (Å²) in [5.41, 5.74) is 6.72. The Kier molecular flexibility index (Phi) is 4.04. The Labute approximate surface area is 113 Å². The molecule has 2 rings (SSSR count). The quantitative estimate of drug-likeness (QED) is 0.783. The first-order chi connectivity index (χ1) is 8.08. The van der Waals surface area contributed by atoms with E-state index in [2.05, 4.69) is 32.1 Å². The fourth-order valence-corrected chi connectivity index (χ4v) is 2.23. The van der Waals surface area contributed by atoms with Gasteiger partial charge in [0.05, 0.1) is 10.9 Å². The van der Waals surface area contributed by atoms with Gasteiger partial charge in [-0.2, -0.15) is 0 Å². The number of carbonyl (C=O) groups is 1. The zero-order valence-corrected chi connectivity index (χ0v) is 11.6. The largest absolute Gasteiger partial charge is 0.326 e. The van der Waals surface area contributed by atoms with Crippen LogP contribution in [0.15, 0.2) is 22.7 Å². The van der Waals surface area contributed by atoms with Crippen LogP contribution in [0.4, 0.5) is 5.69 Å². The third-order valence-corrected chi connectivity index (χ3v) is 3.99. The second-order valence-corrected chi connectivity index (χ2v) is 5.30. The molecule has 1 fully saturated rings. The van der Waals surface area contributed by atoms with E-state index in [0.29, 0.717) is 11.6 Å². The first-order valence-electron chi connectivity index (χ1n) is 5.32. The van der Waals surface area contributed by atoms with Gasteiger partial charge in [-0.1, -0.05) is 11.6 Å². The lowest BCUT2D eigenvalue weighted by atomic mass is 10.0. The van der Waals surface area contributed by atoms with Gasteiger partial charge in [-0.05, 0) is 41.1 Å². The third kappa shape index (κ3) is 2.98. The molecule has 0 spiro atoms. The minimum absolute atomic E-state index is 0.00391. The van der Waals surface area contributed by atoms with Crippen molar-refractivity contribution >= 4 is 39.1 Å². The summed E-state index contributed by atoms with van der Waals surface area (Å²) in [6.45, 7) is 2.61. The van der Waals surface area contributed by atoms with Crippen LogP contribution in [0.2, 0.25) is 5.02 Å². The normalized spacial score (nSPS) is 23.7. The van der Waals surface area contributed by atoms with Gasteiger partial charge in [0.15, 0.2) is 0 Å². The molecular formula is C11H13BrClN3O. The zero-order chi connectivity index (χ0) is 12.4. The van der Waals surface area contributed by atoms with Gasteiger partial charge in [-0.3, -0.25) is 15.6 Å². The van der Waals surface area contributed by atoms with E-state index in [1.54, 1.807) is 18.2 Å². The molecule has 0 radical (unpaired) electrons. The van der Waals surface area contributed by atoms with Crippen molar-refractivity contribution in [3.63, 3.8) is 0 Å². The topological polar surface area (TPSA) is 53.2 Å². The summed E-state index contributed by atoms with van der Waals surface area (Å²) < 4.78 is 0.771. The Morgan fingerprint density at radius 3 is 2.94 bits per heavy atom. The van der Waals surface area contributed by atoms with E-state index >= 15 is 0 Å². The number of hydrazine groups is 1. The second-order valence-electron chi connectivity index (χ2n) is 4.04. The van der Waals surface area contributed by atoms with Crippen LogP contribution in [-0.4, -0.2) is 18.5 Å². The average Bonchev–Trinajstić information content (AvgIpc) is 2.70. The average molecular weight is 319 g/mol. The first kappa shape index (κ1) is 12.8. The molecule has 92 valence electrons. The number of nitrogens with one attached hydrogen (secondary N) is 3. The van der Waals surface area contributed by atoms with Gasteiger partial charge in [0, 0.05) is 22.7 Å². The molecule has 1 aromatic rings. The molecule has 2 unspecified atom stereocenters. The molecule has 0 aromatic heterocycles. The Morgan fingerprint density at radius 2 is 2.35 bits per heavy atom. The molecule has 1 aliphatic heterocycles. The predicted octanol–water partition coefficient (Wildman–Crippen LogP) is 2.15. The van der Waals surface area contributed by atoms with E-state index in [-0.39, 0.29) is 17.9 Å². The number of halogens is 2. The molecule has 0 saturated carbocycles. The van der Waals surface area contributed by atoms with Crippen molar-refractivity contribution < 1.29 is 4.79 Å². The molecule has 17 heavy (non-hydrogen) atoms. The lowest BCUT2D eigenvalue weighted by Crippen LogP contribution is -2.33. The second kappa shape index (κ2) is 5.35. The fourth-order valence-electron chi connectivity index (χ4n) is 1.74. The molecular weight excluding hydrogens is 305 g/mol. The number of amides is 1. The van der Waals surface area contributed by atoms with Gasteiger partial charge in [0.1, 0.15) is 0 Å². The molecule has 1 heterocycles. The maximum atomic E-state index is 12.0. The molecule has 1 aliphatic rings. The molecule has 4 nitrogen and oxygen atoms in total. The van der Waals surface area contributed by atoms with E-state index in [9.17, 15) is 4.79 Å². The standard InChI is InChI=1S/C11H13BrClN3O/c1-6-8(5-14-16-6)11(17)15-7-2-3-10(13)9(12)4-7/h2-4,6,8,14,16H,5H2,1H3,(H,15,17). The van der Waals surface area contributed by atoms with Gasteiger partial charge in [0.25, 0.3) is 0 Å². The molecule has 0 bridgehead atoms.